The number of carbonyl (C=O) groups excluding carboxylic acids is 3. The maximum Gasteiger partial charge on any atom is 0.279 e. The maximum absolute atomic E-state index is 12.6. The SMILES string of the molecule is Cc1nn(C)c(=O)c(C(=O)N2CC(=O)NC(=O)C2C)c1C. The number of hydrogen-bond acceptors (Lipinski definition) is 5. The van der Waals surface area contributed by atoms with Gasteiger partial charge in [-0.05, 0) is 26.3 Å². The minimum Gasteiger partial charge on any atom is -0.317 e. The molecule has 1 aromatic rings. The van der Waals surface area contributed by atoms with E-state index in [2.05, 4.69) is 10.4 Å². The average Bonchev–Trinajstić information content (AvgIpc) is 2.40. The molecule has 1 N–H and O–H groups in total. The molecule has 1 aliphatic heterocycles. The lowest BCUT2D eigenvalue weighted by Crippen LogP contribution is -2.59. The molecule has 1 fully saturated rings. The second-order valence-electron chi connectivity index (χ2n) is 5.04. The highest BCUT2D eigenvalue weighted by molar-refractivity contribution is 6.07. The number of carbonyl (C=O) groups is 3. The first-order valence-electron chi connectivity index (χ1n) is 6.43. The van der Waals surface area contributed by atoms with Gasteiger partial charge in [-0.25, -0.2) is 4.68 Å². The van der Waals surface area contributed by atoms with Gasteiger partial charge in [0.2, 0.25) is 11.8 Å². The van der Waals surface area contributed by atoms with Gasteiger partial charge in [-0.3, -0.25) is 24.5 Å². The van der Waals surface area contributed by atoms with Crippen LogP contribution >= 0.6 is 0 Å². The molecule has 1 unspecified atom stereocenters. The quantitative estimate of drug-likeness (QED) is 0.661. The molecule has 1 atom stereocenters. The molecule has 1 saturated heterocycles. The van der Waals surface area contributed by atoms with Crippen molar-refractivity contribution in [1.82, 2.24) is 20.0 Å². The third kappa shape index (κ3) is 2.44. The fourth-order valence-electron chi connectivity index (χ4n) is 2.21. The summed E-state index contributed by atoms with van der Waals surface area (Å²) in [5.41, 5.74) is 0.391. The predicted octanol–water partition coefficient (Wildman–Crippen LogP) is -1.12. The highest BCUT2D eigenvalue weighted by Gasteiger charge is 2.35. The normalized spacial score (nSPS) is 18.7. The molecule has 1 aliphatic rings. The summed E-state index contributed by atoms with van der Waals surface area (Å²) in [6.45, 7) is 4.56. The number of aryl methyl sites for hydroxylation is 2. The number of amides is 3. The Bertz CT molecular complexity index is 707. The topological polar surface area (TPSA) is 101 Å². The van der Waals surface area contributed by atoms with Crippen LogP contribution in [-0.2, 0) is 16.6 Å². The number of rotatable bonds is 1. The van der Waals surface area contributed by atoms with Gasteiger partial charge in [0.05, 0.1) is 5.69 Å². The molecule has 0 spiro atoms. The van der Waals surface area contributed by atoms with Gasteiger partial charge < -0.3 is 4.90 Å². The van der Waals surface area contributed by atoms with Crippen molar-refractivity contribution >= 4 is 17.7 Å². The summed E-state index contributed by atoms with van der Waals surface area (Å²) in [7, 11) is 1.45. The summed E-state index contributed by atoms with van der Waals surface area (Å²) in [6, 6.07) is -0.812. The predicted molar refractivity (Wildman–Crippen MR) is 72.6 cm³/mol. The number of nitrogens with zero attached hydrogens (tertiary/aromatic N) is 3. The Morgan fingerprint density at radius 1 is 1.29 bits per heavy atom. The summed E-state index contributed by atoms with van der Waals surface area (Å²) < 4.78 is 1.08. The van der Waals surface area contributed by atoms with Crippen LogP contribution in [0.5, 0.6) is 0 Å². The van der Waals surface area contributed by atoms with Gasteiger partial charge in [0.1, 0.15) is 18.2 Å². The smallest absolute Gasteiger partial charge is 0.279 e. The Kier molecular flexibility index (Phi) is 3.63. The summed E-state index contributed by atoms with van der Waals surface area (Å²) in [5, 5.41) is 6.15. The Labute approximate surface area is 120 Å². The molecule has 8 nitrogen and oxygen atoms in total. The van der Waals surface area contributed by atoms with E-state index >= 15 is 0 Å². The summed E-state index contributed by atoms with van der Waals surface area (Å²) >= 11 is 0. The molecule has 2 heterocycles. The van der Waals surface area contributed by atoms with Gasteiger partial charge in [0, 0.05) is 7.05 Å². The third-order valence-electron chi connectivity index (χ3n) is 3.62. The molecule has 0 saturated carbocycles. The van der Waals surface area contributed by atoms with Crippen LogP contribution in [0.25, 0.3) is 0 Å². The first-order valence-corrected chi connectivity index (χ1v) is 6.43. The molecular formula is C13H16N4O4. The first-order chi connectivity index (χ1) is 9.73. The van der Waals surface area contributed by atoms with E-state index in [1.807, 2.05) is 0 Å². The van der Waals surface area contributed by atoms with Crippen molar-refractivity contribution in [2.24, 2.45) is 7.05 Å². The zero-order chi connectivity index (χ0) is 15.9. The molecule has 0 aliphatic carbocycles. The Morgan fingerprint density at radius 3 is 2.52 bits per heavy atom. The van der Waals surface area contributed by atoms with Gasteiger partial charge in [-0.1, -0.05) is 0 Å². The van der Waals surface area contributed by atoms with Crippen LogP contribution in [-0.4, -0.2) is 45.0 Å². The van der Waals surface area contributed by atoms with Gasteiger partial charge in [-0.2, -0.15) is 5.10 Å². The molecule has 112 valence electrons. The van der Waals surface area contributed by atoms with Gasteiger partial charge in [0.25, 0.3) is 11.5 Å². The highest BCUT2D eigenvalue weighted by atomic mass is 16.2. The van der Waals surface area contributed by atoms with Crippen LogP contribution in [0.3, 0.4) is 0 Å². The zero-order valence-corrected chi connectivity index (χ0v) is 12.3. The third-order valence-corrected chi connectivity index (χ3v) is 3.62. The average molecular weight is 292 g/mol. The lowest BCUT2D eigenvalue weighted by atomic mass is 10.1. The van der Waals surface area contributed by atoms with E-state index in [0.717, 1.165) is 9.58 Å². The number of piperazine rings is 1. The molecule has 0 bridgehead atoms. The number of nitrogens with one attached hydrogen (secondary N) is 1. The van der Waals surface area contributed by atoms with Gasteiger partial charge in [-0.15, -0.1) is 0 Å². The molecule has 0 aromatic carbocycles. The van der Waals surface area contributed by atoms with Crippen LogP contribution in [0.4, 0.5) is 0 Å². The first kappa shape index (κ1) is 14.9. The second-order valence-corrected chi connectivity index (χ2v) is 5.04. The molecular weight excluding hydrogens is 276 g/mol. The van der Waals surface area contributed by atoms with Crippen LogP contribution in [0.1, 0.15) is 28.5 Å². The molecule has 1 aromatic heterocycles. The van der Waals surface area contributed by atoms with Crippen molar-refractivity contribution in [3.8, 4) is 0 Å². The molecule has 8 heteroatoms. The number of hydrogen-bond donors (Lipinski definition) is 1. The Morgan fingerprint density at radius 2 is 1.90 bits per heavy atom. The summed E-state index contributed by atoms with van der Waals surface area (Å²) in [4.78, 5) is 48.9. The zero-order valence-electron chi connectivity index (χ0n) is 12.3. The van der Waals surface area contributed by atoms with Crippen LogP contribution in [0.15, 0.2) is 4.79 Å². The lowest BCUT2D eigenvalue weighted by Gasteiger charge is -2.31. The van der Waals surface area contributed by atoms with Crippen molar-refractivity contribution in [3.05, 3.63) is 27.2 Å². The van der Waals surface area contributed by atoms with E-state index in [1.54, 1.807) is 13.8 Å². The van der Waals surface area contributed by atoms with Crippen LogP contribution in [0, 0.1) is 13.8 Å². The molecule has 3 amide bonds. The van der Waals surface area contributed by atoms with Crippen LogP contribution in [0.2, 0.25) is 0 Å². The number of imide groups is 1. The van der Waals surface area contributed by atoms with Crippen molar-refractivity contribution in [2.75, 3.05) is 6.54 Å². The minimum absolute atomic E-state index is 0.0562. The van der Waals surface area contributed by atoms with E-state index in [1.165, 1.54) is 14.0 Å². The largest absolute Gasteiger partial charge is 0.317 e. The summed E-state index contributed by atoms with van der Waals surface area (Å²) in [6.07, 6.45) is 0. The minimum atomic E-state index is -0.812. The monoisotopic (exact) mass is 292 g/mol. The van der Waals surface area contributed by atoms with E-state index in [9.17, 15) is 19.2 Å². The second kappa shape index (κ2) is 5.12. The van der Waals surface area contributed by atoms with Crippen molar-refractivity contribution in [1.29, 1.82) is 0 Å². The molecule has 0 radical (unpaired) electrons. The van der Waals surface area contributed by atoms with Crippen molar-refractivity contribution in [3.63, 3.8) is 0 Å². The summed E-state index contributed by atoms with van der Waals surface area (Å²) in [5.74, 6) is -1.75. The maximum atomic E-state index is 12.6. The number of aromatic nitrogens is 2. The highest BCUT2D eigenvalue weighted by Crippen LogP contribution is 2.13. The van der Waals surface area contributed by atoms with E-state index in [-0.39, 0.29) is 12.1 Å². The fraction of sp³-hybridized carbons (Fsp3) is 0.462. The van der Waals surface area contributed by atoms with Gasteiger partial charge >= 0.3 is 0 Å². The van der Waals surface area contributed by atoms with E-state index in [0.29, 0.717) is 11.3 Å². The van der Waals surface area contributed by atoms with Gasteiger partial charge in [0.15, 0.2) is 0 Å². The molecule has 21 heavy (non-hydrogen) atoms. The Hall–Kier alpha value is -2.51. The molecule has 2 rings (SSSR count). The lowest BCUT2D eigenvalue weighted by molar-refractivity contribution is -0.138. The van der Waals surface area contributed by atoms with Crippen LogP contribution < -0.4 is 10.9 Å². The van der Waals surface area contributed by atoms with E-state index < -0.39 is 29.3 Å². The van der Waals surface area contributed by atoms with Crippen molar-refractivity contribution in [2.45, 2.75) is 26.8 Å². The Balaban J connectivity index is 2.52. The van der Waals surface area contributed by atoms with Crippen molar-refractivity contribution < 1.29 is 14.4 Å². The standard InChI is InChI=1S/C13H16N4O4/c1-6-7(2)15-16(4)12(20)10(6)13(21)17-5-9(18)14-11(19)8(17)3/h8H,5H2,1-4H3,(H,14,18,19). The van der Waals surface area contributed by atoms with E-state index in [4.69, 9.17) is 0 Å². The fourth-order valence-corrected chi connectivity index (χ4v) is 2.21.